The van der Waals surface area contributed by atoms with Gasteiger partial charge in [-0.05, 0) is 12.8 Å². The maximum Gasteiger partial charge on any atom is 0.274 e. The van der Waals surface area contributed by atoms with Crippen LogP contribution < -0.4 is 5.56 Å². The van der Waals surface area contributed by atoms with Crippen molar-refractivity contribution in [3.63, 3.8) is 0 Å². The highest BCUT2D eigenvalue weighted by Crippen LogP contribution is 2.16. The average Bonchev–Trinajstić information content (AvgIpc) is 3.12. The fourth-order valence-corrected chi connectivity index (χ4v) is 3.27. The van der Waals surface area contributed by atoms with E-state index in [0.717, 1.165) is 18.4 Å². The van der Waals surface area contributed by atoms with Crippen molar-refractivity contribution in [2.75, 3.05) is 13.1 Å². The Bertz CT molecular complexity index is 1000. The Kier molecular flexibility index (Phi) is 4.72. The van der Waals surface area contributed by atoms with Crippen LogP contribution in [0, 0.1) is 0 Å². The Morgan fingerprint density at radius 1 is 1.22 bits per heavy atom. The van der Waals surface area contributed by atoms with E-state index in [4.69, 9.17) is 4.74 Å². The first-order chi connectivity index (χ1) is 13.1. The van der Waals surface area contributed by atoms with Gasteiger partial charge < -0.3 is 9.64 Å². The Morgan fingerprint density at radius 2 is 1.96 bits per heavy atom. The SMILES string of the molecule is CC(=O)N1CCC(OCc2cc(=O)n3[nH]c(-c4ccccc4)nc3n2)CC1. The monoisotopic (exact) mass is 367 g/mol. The Labute approximate surface area is 155 Å². The second-order valence-corrected chi connectivity index (χ2v) is 6.68. The van der Waals surface area contributed by atoms with Gasteiger partial charge >= 0.3 is 0 Å². The number of nitrogens with one attached hydrogen (secondary N) is 1. The molecule has 27 heavy (non-hydrogen) atoms. The van der Waals surface area contributed by atoms with E-state index in [0.29, 0.717) is 30.4 Å². The fraction of sp³-hybridized carbons (Fsp3) is 0.368. The molecule has 4 rings (SSSR count). The van der Waals surface area contributed by atoms with Crippen LogP contribution in [0.3, 0.4) is 0 Å². The molecule has 0 saturated carbocycles. The maximum atomic E-state index is 12.4. The molecule has 140 valence electrons. The van der Waals surface area contributed by atoms with E-state index >= 15 is 0 Å². The number of aromatic nitrogens is 4. The molecule has 0 radical (unpaired) electrons. The smallest absolute Gasteiger partial charge is 0.274 e. The Morgan fingerprint density at radius 3 is 2.67 bits per heavy atom. The minimum atomic E-state index is -0.223. The third kappa shape index (κ3) is 3.75. The first-order valence-corrected chi connectivity index (χ1v) is 9.01. The van der Waals surface area contributed by atoms with Crippen molar-refractivity contribution in [2.24, 2.45) is 0 Å². The first-order valence-electron chi connectivity index (χ1n) is 9.01. The zero-order valence-corrected chi connectivity index (χ0v) is 15.1. The molecule has 0 bridgehead atoms. The molecule has 2 aromatic heterocycles. The van der Waals surface area contributed by atoms with Crippen LogP contribution in [0.25, 0.3) is 17.2 Å². The van der Waals surface area contributed by atoms with Crippen molar-refractivity contribution in [1.82, 2.24) is 24.5 Å². The van der Waals surface area contributed by atoms with Gasteiger partial charge in [-0.1, -0.05) is 30.3 Å². The number of hydrogen-bond acceptors (Lipinski definition) is 5. The van der Waals surface area contributed by atoms with Gasteiger partial charge in [-0.2, -0.15) is 9.50 Å². The van der Waals surface area contributed by atoms with E-state index in [1.807, 2.05) is 35.2 Å². The predicted octanol–water partition coefficient (Wildman–Crippen LogP) is 1.61. The molecular weight excluding hydrogens is 346 g/mol. The van der Waals surface area contributed by atoms with Crippen LogP contribution in [0.4, 0.5) is 0 Å². The molecule has 1 aliphatic rings. The summed E-state index contributed by atoms with van der Waals surface area (Å²) >= 11 is 0. The highest BCUT2D eigenvalue weighted by atomic mass is 16.5. The number of hydrogen-bond donors (Lipinski definition) is 1. The number of benzene rings is 1. The number of carbonyl (C=O) groups excluding carboxylic acids is 1. The lowest BCUT2D eigenvalue weighted by Crippen LogP contribution is -2.39. The number of ether oxygens (including phenoxy) is 1. The van der Waals surface area contributed by atoms with Gasteiger partial charge in [0.25, 0.3) is 11.3 Å². The zero-order chi connectivity index (χ0) is 18.8. The second-order valence-electron chi connectivity index (χ2n) is 6.68. The largest absolute Gasteiger partial charge is 0.372 e. The quantitative estimate of drug-likeness (QED) is 0.756. The molecule has 0 atom stereocenters. The zero-order valence-electron chi connectivity index (χ0n) is 15.1. The number of piperidine rings is 1. The number of likely N-dealkylation sites (tertiary alicyclic amines) is 1. The Balaban J connectivity index is 1.47. The summed E-state index contributed by atoms with van der Waals surface area (Å²) in [6.45, 7) is 3.25. The molecule has 1 aliphatic heterocycles. The third-order valence-corrected chi connectivity index (χ3v) is 4.79. The summed E-state index contributed by atoms with van der Waals surface area (Å²) in [5.41, 5.74) is 1.22. The summed E-state index contributed by atoms with van der Waals surface area (Å²) in [5.74, 6) is 1.02. The standard InChI is InChI=1S/C19H21N5O3/c1-13(25)23-9-7-16(8-10-23)27-12-15-11-17(26)24-19(20-15)21-18(22-24)14-5-3-2-4-6-14/h2-6,11,16H,7-10,12H2,1H3,(H,20,21,22). The van der Waals surface area contributed by atoms with Crippen LogP contribution in [-0.4, -0.2) is 49.6 Å². The summed E-state index contributed by atoms with van der Waals surface area (Å²) in [5, 5.41) is 2.98. The molecule has 0 aliphatic carbocycles. The van der Waals surface area contributed by atoms with Gasteiger partial charge in [0, 0.05) is 31.6 Å². The normalized spacial score (nSPS) is 15.4. The summed E-state index contributed by atoms with van der Waals surface area (Å²) in [6, 6.07) is 11.0. The molecule has 0 unspecified atom stereocenters. The van der Waals surface area contributed by atoms with Crippen LogP contribution >= 0.6 is 0 Å². The van der Waals surface area contributed by atoms with E-state index < -0.39 is 0 Å². The summed E-state index contributed by atoms with van der Waals surface area (Å²) in [4.78, 5) is 34.4. The summed E-state index contributed by atoms with van der Waals surface area (Å²) in [7, 11) is 0. The lowest BCUT2D eigenvalue weighted by atomic mass is 10.1. The molecule has 1 N–H and O–H groups in total. The molecular formula is C19H21N5O3. The highest BCUT2D eigenvalue weighted by molar-refractivity contribution is 5.73. The number of fused-ring (bicyclic) bond motifs is 1. The van der Waals surface area contributed by atoms with Crippen molar-refractivity contribution in [3.05, 3.63) is 52.4 Å². The van der Waals surface area contributed by atoms with Crippen molar-refractivity contribution < 1.29 is 9.53 Å². The van der Waals surface area contributed by atoms with Crippen molar-refractivity contribution in [3.8, 4) is 11.4 Å². The van der Waals surface area contributed by atoms with E-state index in [9.17, 15) is 9.59 Å². The molecule has 1 fully saturated rings. The number of carbonyl (C=O) groups is 1. The van der Waals surface area contributed by atoms with E-state index in [-0.39, 0.29) is 24.2 Å². The molecule has 1 amide bonds. The van der Waals surface area contributed by atoms with Crippen molar-refractivity contribution >= 4 is 11.7 Å². The third-order valence-electron chi connectivity index (χ3n) is 4.79. The molecule has 0 spiro atoms. The van der Waals surface area contributed by atoms with E-state index in [1.165, 1.54) is 10.6 Å². The van der Waals surface area contributed by atoms with Gasteiger partial charge in [0.1, 0.15) is 0 Å². The molecule has 3 heterocycles. The molecule has 1 aromatic carbocycles. The molecule has 8 nitrogen and oxygen atoms in total. The van der Waals surface area contributed by atoms with Crippen LogP contribution in [0.15, 0.2) is 41.2 Å². The van der Waals surface area contributed by atoms with Crippen LogP contribution in [0.2, 0.25) is 0 Å². The average molecular weight is 367 g/mol. The van der Waals surface area contributed by atoms with Gasteiger partial charge in [0.05, 0.1) is 18.4 Å². The van der Waals surface area contributed by atoms with Crippen LogP contribution in [0.5, 0.6) is 0 Å². The first kappa shape index (κ1) is 17.4. The van der Waals surface area contributed by atoms with Crippen molar-refractivity contribution in [1.29, 1.82) is 0 Å². The minimum Gasteiger partial charge on any atom is -0.372 e. The molecule has 3 aromatic rings. The number of aromatic amines is 1. The number of nitrogens with zero attached hydrogens (tertiary/aromatic N) is 4. The van der Waals surface area contributed by atoms with Gasteiger partial charge in [-0.25, -0.2) is 4.98 Å². The van der Waals surface area contributed by atoms with Gasteiger partial charge in [-0.3, -0.25) is 14.7 Å². The van der Waals surface area contributed by atoms with Crippen molar-refractivity contribution in [2.45, 2.75) is 32.5 Å². The lowest BCUT2D eigenvalue weighted by Gasteiger charge is -2.31. The molecule has 1 saturated heterocycles. The molecule has 8 heteroatoms. The van der Waals surface area contributed by atoms with Gasteiger partial charge in [-0.15, -0.1) is 0 Å². The number of amides is 1. The van der Waals surface area contributed by atoms with Gasteiger partial charge in [0.15, 0.2) is 5.82 Å². The second kappa shape index (κ2) is 7.32. The highest BCUT2D eigenvalue weighted by Gasteiger charge is 2.21. The summed E-state index contributed by atoms with van der Waals surface area (Å²) < 4.78 is 7.24. The van der Waals surface area contributed by atoms with E-state index in [1.54, 1.807) is 6.92 Å². The number of rotatable bonds is 4. The van der Waals surface area contributed by atoms with Crippen LogP contribution in [-0.2, 0) is 16.1 Å². The predicted molar refractivity (Wildman–Crippen MR) is 99.1 cm³/mol. The lowest BCUT2D eigenvalue weighted by molar-refractivity contribution is -0.131. The Hall–Kier alpha value is -3.00. The van der Waals surface area contributed by atoms with Crippen LogP contribution in [0.1, 0.15) is 25.5 Å². The summed E-state index contributed by atoms with van der Waals surface area (Å²) in [6.07, 6.45) is 1.66. The minimum absolute atomic E-state index is 0.0694. The van der Waals surface area contributed by atoms with E-state index in [2.05, 4.69) is 15.1 Å². The maximum absolute atomic E-state index is 12.4. The van der Waals surface area contributed by atoms with Gasteiger partial charge in [0.2, 0.25) is 5.91 Å². The number of H-pyrrole nitrogens is 1. The topological polar surface area (TPSA) is 92.6 Å². The fourth-order valence-electron chi connectivity index (χ4n) is 3.27.